The first-order valence-electron chi connectivity index (χ1n) is 9.25. The summed E-state index contributed by atoms with van der Waals surface area (Å²) in [4.78, 5) is 18.2. The number of benzene rings is 1. The van der Waals surface area contributed by atoms with Gasteiger partial charge in [0.05, 0.1) is 24.2 Å². The fourth-order valence-electron chi connectivity index (χ4n) is 3.74. The van der Waals surface area contributed by atoms with Crippen molar-refractivity contribution in [3.63, 3.8) is 0 Å². The molecule has 0 spiro atoms. The number of quaternary nitrogens is 1. The van der Waals surface area contributed by atoms with Crippen molar-refractivity contribution in [1.29, 1.82) is 0 Å². The molecule has 2 N–H and O–H groups in total. The van der Waals surface area contributed by atoms with Gasteiger partial charge < -0.3 is 14.7 Å². The second-order valence-electron chi connectivity index (χ2n) is 7.01. The second kappa shape index (κ2) is 7.30. The molecule has 2 aromatic rings. The van der Waals surface area contributed by atoms with Gasteiger partial charge in [0, 0.05) is 12.4 Å². The fourth-order valence-corrected chi connectivity index (χ4v) is 3.74. The topological polar surface area (TPSA) is 63.9 Å². The lowest BCUT2D eigenvalue weighted by Gasteiger charge is -2.18. The molecule has 0 aliphatic carbocycles. The van der Waals surface area contributed by atoms with Gasteiger partial charge in [0.25, 0.3) is 0 Å². The van der Waals surface area contributed by atoms with E-state index >= 15 is 0 Å². The number of aromatic hydroxyl groups is 1. The first-order valence-corrected chi connectivity index (χ1v) is 9.25. The molecule has 26 heavy (non-hydrogen) atoms. The van der Waals surface area contributed by atoms with Gasteiger partial charge >= 0.3 is 0 Å². The highest BCUT2D eigenvalue weighted by Gasteiger charge is 2.32. The van der Waals surface area contributed by atoms with Gasteiger partial charge in [-0.25, -0.2) is 0 Å². The highest BCUT2D eigenvalue weighted by atomic mass is 16.5. The van der Waals surface area contributed by atoms with Crippen LogP contribution in [0.5, 0.6) is 11.5 Å². The van der Waals surface area contributed by atoms with Crippen molar-refractivity contribution in [1.82, 2.24) is 4.98 Å². The van der Waals surface area contributed by atoms with Crippen molar-refractivity contribution in [2.24, 2.45) is 0 Å². The number of ether oxygens (including phenoxy) is 1. The van der Waals surface area contributed by atoms with E-state index < -0.39 is 0 Å². The van der Waals surface area contributed by atoms with E-state index in [-0.39, 0.29) is 17.3 Å². The number of nitrogens with one attached hydrogen (secondary N) is 1. The zero-order valence-electron chi connectivity index (χ0n) is 14.7. The lowest BCUT2D eigenvalue weighted by atomic mass is 10.0. The van der Waals surface area contributed by atoms with Crippen molar-refractivity contribution in [3.05, 3.63) is 59.1 Å². The molecule has 134 valence electrons. The molecule has 4 rings (SSSR count). The monoisotopic (exact) mass is 351 g/mol. The molecule has 2 aliphatic heterocycles. The SMILES string of the molecule is O=C1/C(=C/c2cccnc2)Oc2c1ccc(O)c2C[NH+]1CCCCCC1. The van der Waals surface area contributed by atoms with Gasteiger partial charge in [-0.1, -0.05) is 6.07 Å². The van der Waals surface area contributed by atoms with Crippen molar-refractivity contribution in [3.8, 4) is 11.5 Å². The first kappa shape index (κ1) is 16.8. The maximum atomic E-state index is 12.7. The minimum Gasteiger partial charge on any atom is -0.507 e. The Hall–Kier alpha value is -2.66. The number of carbonyl (C=O) groups is 1. The normalized spacial score (nSPS) is 19.2. The van der Waals surface area contributed by atoms with Crippen LogP contribution >= 0.6 is 0 Å². The average molecular weight is 351 g/mol. The Balaban J connectivity index is 1.64. The molecule has 0 saturated carbocycles. The van der Waals surface area contributed by atoms with Crippen LogP contribution in [0.2, 0.25) is 0 Å². The number of ketones is 1. The van der Waals surface area contributed by atoms with Crippen LogP contribution in [0.15, 0.2) is 42.4 Å². The maximum absolute atomic E-state index is 12.7. The minimum absolute atomic E-state index is 0.143. The van der Waals surface area contributed by atoms with E-state index in [4.69, 9.17) is 4.74 Å². The molecule has 1 fully saturated rings. The number of rotatable bonds is 3. The standard InChI is InChI=1S/C21H22N2O3/c24-18-8-7-16-20(25)19(12-15-6-5-9-22-13-15)26-21(16)17(18)14-23-10-3-1-2-4-11-23/h5-9,12-13,24H,1-4,10-11,14H2/p+1/b19-12-. The number of allylic oxidation sites excluding steroid dienone is 1. The van der Waals surface area contributed by atoms with Crippen LogP contribution in [-0.4, -0.2) is 29.0 Å². The Morgan fingerprint density at radius 2 is 1.96 bits per heavy atom. The van der Waals surface area contributed by atoms with Crippen molar-refractivity contribution >= 4 is 11.9 Å². The summed E-state index contributed by atoms with van der Waals surface area (Å²) in [7, 11) is 0. The molecule has 0 amide bonds. The third-order valence-corrected chi connectivity index (χ3v) is 5.14. The summed E-state index contributed by atoms with van der Waals surface area (Å²) in [5, 5.41) is 10.4. The number of Topliss-reactive ketones (excluding diaryl/α,β-unsaturated/α-hetero) is 1. The van der Waals surface area contributed by atoms with Crippen LogP contribution in [-0.2, 0) is 6.54 Å². The number of phenols is 1. The summed E-state index contributed by atoms with van der Waals surface area (Å²) < 4.78 is 5.92. The summed E-state index contributed by atoms with van der Waals surface area (Å²) in [5.74, 6) is 0.861. The van der Waals surface area contributed by atoms with E-state index in [0.717, 1.165) is 24.2 Å². The predicted octanol–water partition coefficient (Wildman–Crippen LogP) is 2.36. The summed E-state index contributed by atoms with van der Waals surface area (Å²) in [6.07, 6.45) is 10.0. The second-order valence-corrected chi connectivity index (χ2v) is 7.01. The number of hydrogen-bond donors (Lipinski definition) is 2. The van der Waals surface area contributed by atoms with Crippen LogP contribution in [0, 0.1) is 0 Å². The number of phenolic OH excluding ortho intramolecular Hbond substituents is 1. The highest BCUT2D eigenvalue weighted by Crippen LogP contribution is 2.39. The van der Waals surface area contributed by atoms with Gasteiger partial charge in [0.2, 0.25) is 5.78 Å². The molecule has 1 aromatic heterocycles. The quantitative estimate of drug-likeness (QED) is 0.834. The number of carbonyl (C=O) groups excluding carboxylic acids is 1. The lowest BCUT2D eigenvalue weighted by molar-refractivity contribution is -0.913. The Labute approximate surface area is 152 Å². The molecule has 5 heteroatoms. The molecule has 1 saturated heterocycles. The average Bonchev–Trinajstić information content (AvgIpc) is 2.83. The Morgan fingerprint density at radius 1 is 1.15 bits per heavy atom. The van der Waals surface area contributed by atoms with Crippen LogP contribution < -0.4 is 9.64 Å². The van der Waals surface area contributed by atoms with E-state index in [1.54, 1.807) is 30.6 Å². The Bertz CT molecular complexity index is 838. The highest BCUT2D eigenvalue weighted by molar-refractivity contribution is 6.14. The van der Waals surface area contributed by atoms with Gasteiger partial charge in [-0.3, -0.25) is 9.78 Å². The zero-order chi connectivity index (χ0) is 17.9. The van der Waals surface area contributed by atoms with Crippen molar-refractivity contribution in [2.45, 2.75) is 32.2 Å². The molecule has 2 aliphatic rings. The smallest absolute Gasteiger partial charge is 0.231 e. The summed E-state index contributed by atoms with van der Waals surface area (Å²) in [5.41, 5.74) is 2.08. The molecule has 0 bridgehead atoms. The van der Waals surface area contributed by atoms with Gasteiger partial charge in [-0.05, 0) is 55.5 Å². The molecule has 0 unspecified atom stereocenters. The molecule has 0 radical (unpaired) electrons. The Morgan fingerprint density at radius 3 is 2.69 bits per heavy atom. The van der Waals surface area contributed by atoms with Gasteiger partial charge in [0.1, 0.15) is 12.3 Å². The summed E-state index contributed by atoms with van der Waals surface area (Å²) in [6.45, 7) is 2.87. The first-order chi connectivity index (χ1) is 12.7. The molecular formula is C21H23N2O3+. The van der Waals surface area contributed by atoms with Crippen molar-refractivity contribution in [2.75, 3.05) is 13.1 Å². The summed E-state index contributed by atoms with van der Waals surface area (Å²) in [6, 6.07) is 6.95. The van der Waals surface area contributed by atoms with Crippen LogP contribution in [0.3, 0.4) is 0 Å². The van der Waals surface area contributed by atoms with E-state index in [9.17, 15) is 9.90 Å². The predicted molar refractivity (Wildman–Crippen MR) is 98.1 cm³/mol. The Kier molecular flexibility index (Phi) is 4.71. The zero-order valence-corrected chi connectivity index (χ0v) is 14.7. The number of hydrogen-bond acceptors (Lipinski definition) is 4. The fraction of sp³-hybridized carbons (Fsp3) is 0.333. The molecule has 5 nitrogen and oxygen atoms in total. The van der Waals surface area contributed by atoms with Crippen molar-refractivity contribution < 1.29 is 19.5 Å². The van der Waals surface area contributed by atoms with E-state index in [1.807, 2.05) is 12.1 Å². The molecule has 3 heterocycles. The number of pyridine rings is 1. The lowest BCUT2D eigenvalue weighted by Crippen LogP contribution is -3.10. The number of nitrogens with zero attached hydrogens (tertiary/aromatic N) is 1. The minimum atomic E-state index is -0.143. The van der Waals surface area contributed by atoms with Gasteiger partial charge in [-0.15, -0.1) is 0 Å². The number of fused-ring (bicyclic) bond motifs is 1. The van der Waals surface area contributed by atoms with Crippen LogP contribution in [0.25, 0.3) is 6.08 Å². The molecule has 1 aromatic carbocycles. The van der Waals surface area contributed by atoms with E-state index in [0.29, 0.717) is 17.9 Å². The molecular weight excluding hydrogens is 328 g/mol. The molecule has 0 atom stereocenters. The third-order valence-electron chi connectivity index (χ3n) is 5.14. The largest absolute Gasteiger partial charge is 0.507 e. The number of aromatic nitrogens is 1. The van der Waals surface area contributed by atoms with Crippen LogP contribution in [0.1, 0.15) is 47.2 Å². The van der Waals surface area contributed by atoms with Crippen LogP contribution in [0.4, 0.5) is 0 Å². The maximum Gasteiger partial charge on any atom is 0.231 e. The van der Waals surface area contributed by atoms with Gasteiger partial charge in [-0.2, -0.15) is 0 Å². The summed E-state index contributed by atoms with van der Waals surface area (Å²) >= 11 is 0. The van der Waals surface area contributed by atoms with E-state index in [2.05, 4.69) is 4.98 Å². The van der Waals surface area contributed by atoms with E-state index in [1.165, 1.54) is 30.6 Å². The third kappa shape index (κ3) is 3.35. The van der Waals surface area contributed by atoms with Gasteiger partial charge in [0.15, 0.2) is 11.5 Å². The number of likely N-dealkylation sites (tertiary alicyclic amines) is 1.